The van der Waals surface area contributed by atoms with E-state index < -0.39 is 12.7 Å². The van der Waals surface area contributed by atoms with Crippen molar-refractivity contribution in [2.75, 3.05) is 18.0 Å². The van der Waals surface area contributed by atoms with Crippen LogP contribution in [-0.2, 0) is 0 Å². The molecule has 0 bridgehead atoms. The number of rotatable bonds is 5. The Bertz CT molecular complexity index is 419. The van der Waals surface area contributed by atoms with Gasteiger partial charge in [0.05, 0.1) is 0 Å². The Kier molecular flexibility index (Phi) is 5.67. The van der Waals surface area contributed by atoms with Crippen LogP contribution in [0.5, 0.6) is 0 Å². The third-order valence-corrected chi connectivity index (χ3v) is 3.39. The van der Waals surface area contributed by atoms with Crippen LogP contribution >= 0.6 is 15.9 Å². The van der Waals surface area contributed by atoms with E-state index in [1.807, 2.05) is 13.8 Å². The van der Waals surface area contributed by atoms with Crippen molar-refractivity contribution in [3.63, 3.8) is 0 Å². The summed E-state index contributed by atoms with van der Waals surface area (Å²) in [4.78, 5) is 1.33. The van der Waals surface area contributed by atoms with E-state index in [1.165, 1.54) is 4.90 Å². The minimum absolute atomic E-state index is 0.161. The molecule has 0 heterocycles. The summed E-state index contributed by atoms with van der Waals surface area (Å²) in [6.45, 7) is 3.11. The highest BCUT2D eigenvalue weighted by Gasteiger charge is 2.30. The molecule has 0 aliphatic heterocycles. The second-order valence-corrected chi connectivity index (χ2v) is 5.39. The first-order valence-corrected chi connectivity index (χ1v) is 6.90. The molecular formula is C13H18BrF3N2. The Morgan fingerprint density at radius 3 is 2.42 bits per heavy atom. The molecule has 0 aliphatic rings. The minimum atomic E-state index is -4.21. The zero-order chi connectivity index (χ0) is 14.6. The van der Waals surface area contributed by atoms with Gasteiger partial charge in [-0.15, -0.1) is 0 Å². The second kappa shape index (κ2) is 6.61. The lowest BCUT2D eigenvalue weighted by atomic mass is 10.1. The number of nitrogens with zero attached hydrogens (tertiary/aromatic N) is 1. The van der Waals surface area contributed by atoms with E-state index in [1.54, 1.807) is 18.2 Å². The molecule has 108 valence electrons. The van der Waals surface area contributed by atoms with Crippen LogP contribution in [-0.4, -0.2) is 19.3 Å². The van der Waals surface area contributed by atoms with Gasteiger partial charge in [-0.05, 0) is 31.0 Å². The first-order chi connectivity index (χ1) is 8.74. The number of benzene rings is 1. The number of anilines is 1. The van der Waals surface area contributed by atoms with Crippen molar-refractivity contribution in [3.8, 4) is 0 Å². The summed E-state index contributed by atoms with van der Waals surface area (Å²) >= 11 is 3.36. The van der Waals surface area contributed by atoms with Gasteiger partial charge in [-0.25, -0.2) is 0 Å². The smallest absolute Gasteiger partial charge is 0.363 e. The monoisotopic (exact) mass is 338 g/mol. The zero-order valence-corrected chi connectivity index (χ0v) is 12.6. The van der Waals surface area contributed by atoms with Gasteiger partial charge in [-0.3, -0.25) is 0 Å². The Balaban J connectivity index is 3.00. The van der Waals surface area contributed by atoms with Crippen LogP contribution in [0.2, 0.25) is 0 Å². The molecule has 0 spiro atoms. The number of hydrogen-bond acceptors (Lipinski definition) is 2. The molecule has 1 aromatic carbocycles. The molecule has 0 fully saturated rings. The summed E-state index contributed by atoms with van der Waals surface area (Å²) in [6.07, 6.45) is -3.55. The van der Waals surface area contributed by atoms with E-state index in [4.69, 9.17) is 5.73 Å². The molecular weight excluding hydrogens is 321 g/mol. The molecule has 0 aliphatic carbocycles. The lowest BCUT2D eigenvalue weighted by Gasteiger charge is -2.26. The summed E-state index contributed by atoms with van der Waals surface area (Å²) < 4.78 is 38.4. The quantitative estimate of drug-likeness (QED) is 0.869. The van der Waals surface area contributed by atoms with Crippen molar-refractivity contribution in [2.45, 2.75) is 32.5 Å². The molecule has 1 atom stereocenters. The minimum Gasteiger partial charge on any atom is -0.363 e. The molecule has 6 heteroatoms. The van der Waals surface area contributed by atoms with Gasteiger partial charge in [0.15, 0.2) is 0 Å². The first kappa shape index (κ1) is 16.3. The third kappa shape index (κ3) is 5.03. The summed E-state index contributed by atoms with van der Waals surface area (Å²) in [5.41, 5.74) is 7.21. The number of alkyl halides is 3. The molecule has 0 saturated heterocycles. The lowest BCUT2D eigenvalue weighted by Crippen LogP contribution is -2.34. The van der Waals surface area contributed by atoms with Crippen molar-refractivity contribution >= 4 is 21.6 Å². The van der Waals surface area contributed by atoms with Crippen LogP contribution in [0.15, 0.2) is 22.7 Å². The fourth-order valence-corrected chi connectivity index (χ4v) is 2.60. The summed E-state index contributed by atoms with van der Waals surface area (Å²) in [5, 5.41) is 0. The van der Waals surface area contributed by atoms with E-state index in [0.717, 1.165) is 10.0 Å². The van der Waals surface area contributed by atoms with Gasteiger partial charge in [-0.2, -0.15) is 13.2 Å². The molecule has 0 amide bonds. The normalized spacial score (nSPS) is 13.4. The third-order valence-electron chi connectivity index (χ3n) is 2.70. The molecule has 1 rings (SSSR count). The standard InChI is InChI=1S/C13H18BrF3N2/c1-3-6-19(8-13(15,16)17)10-4-5-11(9(2)18)12(14)7-10/h4-5,7,9H,3,6,8,18H2,1-2H3/t9-/m0/s1. The first-order valence-electron chi connectivity index (χ1n) is 6.11. The van der Waals surface area contributed by atoms with E-state index in [0.29, 0.717) is 18.7 Å². The number of hydrogen-bond donors (Lipinski definition) is 1. The maximum Gasteiger partial charge on any atom is 0.405 e. The fourth-order valence-electron chi connectivity index (χ4n) is 1.87. The molecule has 19 heavy (non-hydrogen) atoms. The van der Waals surface area contributed by atoms with Gasteiger partial charge in [0.1, 0.15) is 6.54 Å². The summed E-state index contributed by atoms with van der Waals surface area (Å²) in [5.74, 6) is 0. The Labute approximate surface area is 119 Å². The van der Waals surface area contributed by atoms with Crippen molar-refractivity contribution in [3.05, 3.63) is 28.2 Å². The number of halogens is 4. The van der Waals surface area contributed by atoms with Gasteiger partial charge < -0.3 is 10.6 Å². The summed E-state index contributed by atoms with van der Waals surface area (Å²) in [6, 6.07) is 4.99. The predicted octanol–water partition coefficient (Wildman–Crippen LogP) is 4.25. The maximum absolute atomic E-state index is 12.5. The lowest BCUT2D eigenvalue weighted by molar-refractivity contribution is -0.119. The van der Waals surface area contributed by atoms with Gasteiger partial charge in [0, 0.05) is 22.7 Å². The average Bonchev–Trinajstić information content (AvgIpc) is 2.26. The molecule has 2 N–H and O–H groups in total. The van der Waals surface area contributed by atoms with E-state index in [9.17, 15) is 13.2 Å². The largest absolute Gasteiger partial charge is 0.405 e. The number of nitrogens with two attached hydrogens (primary N) is 1. The maximum atomic E-state index is 12.5. The second-order valence-electron chi connectivity index (χ2n) is 4.53. The average molecular weight is 339 g/mol. The van der Waals surface area contributed by atoms with E-state index in [-0.39, 0.29) is 6.04 Å². The van der Waals surface area contributed by atoms with Gasteiger partial charge >= 0.3 is 6.18 Å². The Morgan fingerprint density at radius 2 is 2.00 bits per heavy atom. The van der Waals surface area contributed by atoms with Gasteiger partial charge in [-0.1, -0.05) is 28.9 Å². The fraction of sp³-hybridized carbons (Fsp3) is 0.538. The van der Waals surface area contributed by atoms with Crippen molar-refractivity contribution < 1.29 is 13.2 Å². The topological polar surface area (TPSA) is 29.3 Å². The van der Waals surface area contributed by atoms with E-state index >= 15 is 0 Å². The van der Waals surface area contributed by atoms with Crippen molar-refractivity contribution in [1.82, 2.24) is 0 Å². The van der Waals surface area contributed by atoms with Crippen LogP contribution in [0, 0.1) is 0 Å². The molecule has 0 radical (unpaired) electrons. The van der Waals surface area contributed by atoms with Crippen LogP contribution in [0.4, 0.5) is 18.9 Å². The van der Waals surface area contributed by atoms with E-state index in [2.05, 4.69) is 15.9 Å². The molecule has 1 aromatic rings. The highest BCUT2D eigenvalue weighted by atomic mass is 79.9. The van der Waals surface area contributed by atoms with Crippen LogP contribution in [0.3, 0.4) is 0 Å². The Morgan fingerprint density at radius 1 is 1.37 bits per heavy atom. The highest BCUT2D eigenvalue weighted by molar-refractivity contribution is 9.10. The summed E-state index contributed by atoms with van der Waals surface area (Å²) in [7, 11) is 0. The molecule has 0 saturated carbocycles. The highest BCUT2D eigenvalue weighted by Crippen LogP contribution is 2.29. The van der Waals surface area contributed by atoms with Crippen LogP contribution in [0.1, 0.15) is 31.9 Å². The SMILES string of the molecule is CCCN(CC(F)(F)F)c1ccc([C@H](C)N)c(Br)c1. The molecule has 0 aromatic heterocycles. The van der Waals surface area contributed by atoms with Crippen molar-refractivity contribution in [1.29, 1.82) is 0 Å². The van der Waals surface area contributed by atoms with Crippen LogP contribution in [0.25, 0.3) is 0 Å². The zero-order valence-electron chi connectivity index (χ0n) is 11.0. The van der Waals surface area contributed by atoms with Gasteiger partial charge in [0.2, 0.25) is 0 Å². The van der Waals surface area contributed by atoms with Gasteiger partial charge in [0.25, 0.3) is 0 Å². The van der Waals surface area contributed by atoms with Crippen molar-refractivity contribution in [2.24, 2.45) is 5.73 Å². The Hall–Kier alpha value is -0.750. The van der Waals surface area contributed by atoms with Crippen LogP contribution < -0.4 is 10.6 Å². The molecule has 2 nitrogen and oxygen atoms in total. The predicted molar refractivity (Wildman–Crippen MR) is 75.3 cm³/mol. The molecule has 0 unspecified atom stereocenters.